The summed E-state index contributed by atoms with van der Waals surface area (Å²) in [7, 11) is 0. The van der Waals surface area contributed by atoms with E-state index in [9.17, 15) is 0 Å². The minimum Gasteiger partial charge on any atom is -0.311 e. The molecule has 59 heavy (non-hydrogen) atoms. The number of nitrogens with zero attached hydrogens (tertiary/aromatic N) is 2. The van der Waals surface area contributed by atoms with Crippen molar-refractivity contribution in [1.29, 1.82) is 0 Å². The summed E-state index contributed by atoms with van der Waals surface area (Å²) in [6, 6.07) is 33.0. The molecule has 0 atom stereocenters. The first-order chi connectivity index (χ1) is 27.7. The van der Waals surface area contributed by atoms with Gasteiger partial charge in [-0.1, -0.05) is 133 Å². The van der Waals surface area contributed by atoms with Crippen molar-refractivity contribution < 1.29 is 0 Å². The maximum atomic E-state index is 2.70. The van der Waals surface area contributed by atoms with Crippen molar-refractivity contribution in [2.24, 2.45) is 0 Å². The molecule has 0 aromatic heterocycles. The predicted molar refractivity (Wildman–Crippen MR) is 258 cm³/mol. The summed E-state index contributed by atoms with van der Waals surface area (Å²) in [5, 5.41) is 0. The molecule has 5 aromatic carbocycles. The Morgan fingerprint density at radius 1 is 0.458 bits per heavy atom. The Labute approximate surface area is 357 Å². The Hall–Kier alpha value is -4.24. The van der Waals surface area contributed by atoms with Crippen LogP contribution in [-0.2, 0) is 34.5 Å². The fourth-order valence-electron chi connectivity index (χ4n) is 10.7. The van der Waals surface area contributed by atoms with Crippen molar-refractivity contribution in [1.82, 2.24) is 0 Å². The summed E-state index contributed by atoms with van der Waals surface area (Å²) >= 11 is 0. The van der Waals surface area contributed by atoms with E-state index in [1.807, 2.05) is 0 Å². The lowest BCUT2D eigenvalue weighted by molar-refractivity contribution is 0.444. The third-order valence-corrected chi connectivity index (χ3v) is 14.3. The van der Waals surface area contributed by atoms with E-state index in [-0.39, 0.29) is 28.4 Å². The molecule has 4 aliphatic rings. The quantitative estimate of drug-likeness (QED) is 0.165. The standard InChI is InChI=1S/C56H69BN2/c1-35-24-50-52-51(25-35)59(45-33-42(55(8,9)10)30-43(34-45)56(11,12)13)49-28-38-21-17-20-37(38)26-47(49)57(52)46-27-39(36-18-15-14-16-19-36)22-23-48(46)58(50)44-31-40(53(2,3)4)29-41(32-44)54(5,6)7/h22-34,36H,14-21H2,1-13H3. The first kappa shape index (κ1) is 40.2. The molecule has 2 aliphatic carbocycles. The Bertz CT molecular complexity index is 2400. The van der Waals surface area contributed by atoms with Crippen LogP contribution < -0.4 is 26.2 Å². The summed E-state index contributed by atoms with van der Waals surface area (Å²) in [5.74, 6) is 0.633. The topological polar surface area (TPSA) is 6.48 Å². The largest absolute Gasteiger partial charge is 0.311 e. The van der Waals surface area contributed by atoms with Crippen LogP contribution in [0, 0.1) is 6.92 Å². The van der Waals surface area contributed by atoms with Crippen LogP contribution in [0.2, 0.25) is 0 Å². The summed E-state index contributed by atoms with van der Waals surface area (Å²) in [6.45, 7) is 30.9. The number of hydrogen-bond donors (Lipinski definition) is 0. The minimum atomic E-state index is 0.00693. The molecule has 9 rings (SSSR count). The summed E-state index contributed by atoms with van der Waals surface area (Å²) in [4.78, 5) is 5.37. The van der Waals surface area contributed by atoms with E-state index in [0.29, 0.717) is 5.92 Å². The molecule has 2 heterocycles. The van der Waals surface area contributed by atoms with Gasteiger partial charge in [-0.25, -0.2) is 0 Å². The van der Waals surface area contributed by atoms with Gasteiger partial charge < -0.3 is 9.80 Å². The van der Waals surface area contributed by atoms with Gasteiger partial charge in [0.15, 0.2) is 0 Å². The number of fused-ring (bicyclic) bond motifs is 5. The summed E-state index contributed by atoms with van der Waals surface area (Å²) < 4.78 is 0. The second kappa shape index (κ2) is 13.9. The summed E-state index contributed by atoms with van der Waals surface area (Å²) in [6.07, 6.45) is 10.2. The first-order valence-electron chi connectivity index (χ1n) is 23.0. The van der Waals surface area contributed by atoms with Gasteiger partial charge in [-0.05, 0) is 176 Å². The second-order valence-corrected chi connectivity index (χ2v) is 23.0. The smallest absolute Gasteiger partial charge is 0.252 e. The zero-order valence-corrected chi connectivity index (χ0v) is 38.7. The number of anilines is 6. The lowest BCUT2D eigenvalue weighted by Crippen LogP contribution is -2.61. The fraction of sp³-hybridized carbons (Fsp3) is 0.464. The van der Waals surface area contributed by atoms with Crippen LogP contribution in [0.3, 0.4) is 0 Å². The molecular weight excluding hydrogens is 711 g/mol. The highest BCUT2D eigenvalue weighted by atomic mass is 15.2. The van der Waals surface area contributed by atoms with E-state index in [0.717, 1.165) is 0 Å². The Morgan fingerprint density at radius 2 is 0.915 bits per heavy atom. The molecule has 5 aromatic rings. The van der Waals surface area contributed by atoms with Gasteiger partial charge in [0.2, 0.25) is 0 Å². The zero-order valence-electron chi connectivity index (χ0n) is 38.7. The molecule has 0 unspecified atom stereocenters. The van der Waals surface area contributed by atoms with Crippen molar-refractivity contribution in [2.75, 3.05) is 9.80 Å². The van der Waals surface area contributed by atoms with Gasteiger partial charge in [0.1, 0.15) is 0 Å². The third-order valence-electron chi connectivity index (χ3n) is 14.3. The van der Waals surface area contributed by atoms with Crippen molar-refractivity contribution in [3.8, 4) is 0 Å². The lowest BCUT2D eigenvalue weighted by Gasteiger charge is -2.45. The van der Waals surface area contributed by atoms with Crippen LogP contribution in [0.4, 0.5) is 34.1 Å². The van der Waals surface area contributed by atoms with E-state index in [1.165, 1.54) is 141 Å². The van der Waals surface area contributed by atoms with Crippen LogP contribution in [0.5, 0.6) is 0 Å². The molecule has 2 aliphatic heterocycles. The summed E-state index contributed by atoms with van der Waals surface area (Å²) in [5.41, 5.74) is 23.9. The van der Waals surface area contributed by atoms with Crippen LogP contribution in [0.1, 0.15) is 172 Å². The Kier molecular flexibility index (Phi) is 9.47. The molecule has 0 bridgehead atoms. The van der Waals surface area contributed by atoms with E-state index in [2.05, 4.69) is 179 Å². The average Bonchev–Trinajstić information content (AvgIpc) is 3.63. The first-order valence-corrected chi connectivity index (χ1v) is 23.0. The second-order valence-electron chi connectivity index (χ2n) is 23.0. The molecule has 2 nitrogen and oxygen atoms in total. The van der Waals surface area contributed by atoms with E-state index >= 15 is 0 Å². The number of rotatable bonds is 3. The van der Waals surface area contributed by atoms with Crippen molar-refractivity contribution >= 4 is 57.2 Å². The van der Waals surface area contributed by atoms with Gasteiger partial charge in [0.25, 0.3) is 6.71 Å². The molecule has 0 N–H and O–H groups in total. The fourth-order valence-corrected chi connectivity index (χ4v) is 10.7. The van der Waals surface area contributed by atoms with Gasteiger partial charge in [-0.3, -0.25) is 0 Å². The molecule has 306 valence electrons. The van der Waals surface area contributed by atoms with Crippen LogP contribution in [-0.4, -0.2) is 6.71 Å². The van der Waals surface area contributed by atoms with Gasteiger partial charge in [-0.2, -0.15) is 0 Å². The average molecular weight is 781 g/mol. The lowest BCUT2D eigenvalue weighted by atomic mass is 9.33. The van der Waals surface area contributed by atoms with E-state index in [4.69, 9.17) is 0 Å². The Balaban J connectivity index is 1.39. The van der Waals surface area contributed by atoms with Gasteiger partial charge in [-0.15, -0.1) is 0 Å². The molecule has 0 radical (unpaired) electrons. The molecule has 1 saturated carbocycles. The Morgan fingerprint density at radius 3 is 1.41 bits per heavy atom. The minimum absolute atomic E-state index is 0.00693. The maximum absolute atomic E-state index is 2.70. The molecule has 3 heteroatoms. The molecule has 1 fully saturated rings. The van der Waals surface area contributed by atoms with Crippen LogP contribution in [0.25, 0.3) is 0 Å². The monoisotopic (exact) mass is 781 g/mol. The van der Waals surface area contributed by atoms with Crippen LogP contribution in [0.15, 0.2) is 78.9 Å². The van der Waals surface area contributed by atoms with Gasteiger partial charge in [0.05, 0.1) is 0 Å². The van der Waals surface area contributed by atoms with Crippen molar-refractivity contribution in [2.45, 2.75) is 169 Å². The number of aryl methyl sites for hydroxylation is 3. The highest BCUT2D eigenvalue weighted by Gasteiger charge is 2.45. The predicted octanol–water partition coefficient (Wildman–Crippen LogP) is 13.8. The molecular formula is C56H69BN2. The molecule has 0 spiro atoms. The number of hydrogen-bond acceptors (Lipinski definition) is 2. The highest BCUT2D eigenvalue weighted by molar-refractivity contribution is 7.00. The third kappa shape index (κ3) is 7.07. The van der Waals surface area contributed by atoms with Crippen LogP contribution >= 0.6 is 0 Å². The molecule has 0 saturated heterocycles. The highest BCUT2D eigenvalue weighted by Crippen LogP contribution is 2.48. The van der Waals surface area contributed by atoms with Crippen molar-refractivity contribution in [3.63, 3.8) is 0 Å². The maximum Gasteiger partial charge on any atom is 0.252 e. The van der Waals surface area contributed by atoms with Gasteiger partial charge >= 0.3 is 0 Å². The SMILES string of the molecule is Cc1cc2c3c(c1)N(c1cc(C(C)(C)C)cc(C(C)(C)C)c1)c1cc4c(cc1B3c1cc(C3CCCCC3)ccc1N2c1cc(C(C)(C)C)cc(C(C)(C)C)c1)CCC4. The zero-order chi connectivity index (χ0) is 42.0. The van der Waals surface area contributed by atoms with Crippen molar-refractivity contribution in [3.05, 3.63) is 123 Å². The van der Waals surface area contributed by atoms with E-state index in [1.54, 1.807) is 5.56 Å². The molecule has 0 amide bonds. The normalized spacial score (nSPS) is 16.9. The van der Waals surface area contributed by atoms with Gasteiger partial charge in [0, 0.05) is 34.1 Å². The van der Waals surface area contributed by atoms with E-state index < -0.39 is 0 Å². The number of benzene rings is 5.